The van der Waals surface area contributed by atoms with Crippen LogP contribution in [0.25, 0.3) is 0 Å². The molecule has 1 aromatic carbocycles. The summed E-state index contributed by atoms with van der Waals surface area (Å²) >= 11 is 1.17. The van der Waals surface area contributed by atoms with Crippen LogP contribution in [-0.4, -0.2) is 18.7 Å². The van der Waals surface area contributed by atoms with Crippen LogP contribution in [0, 0.1) is 0 Å². The molecule has 0 spiro atoms. The van der Waals surface area contributed by atoms with E-state index in [1.807, 2.05) is 30.3 Å². The molecule has 0 saturated heterocycles. The molecule has 1 amide bonds. The second kappa shape index (κ2) is 7.06. The van der Waals surface area contributed by atoms with E-state index in [-0.39, 0.29) is 0 Å². The smallest absolute Gasteiger partial charge is 0.280 e. The Kier molecular flexibility index (Phi) is 5.64. The number of carbonyl (C=O) groups is 1. The normalized spacial score (nSPS) is 11.2. The van der Waals surface area contributed by atoms with Crippen LogP contribution >= 0.6 is 11.8 Å². The molecule has 0 atom stereocenters. The summed E-state index contributed by atoms with van der Waals surface area (Å²) in [4.78, 5) is 11.2. The van der Waals surface area contributed by atoms with Crippen molar-refractivity contribution in [1.82, 2.24) is 5.32 Å². The Balaban J connectivity index is 2.31. The maximum atomic E-state index is 13.0. The Morgan fingerprint density at radius 3 is 2.75 bits per heavy atom. The van der Waals surface area contributed by atoms with Crippen molar-refractivity contribution in [2.45, 2.75) is 6.42 Å². The van der Waals surface area contributed by atoms with Crippen LogP contribution in [-0.2, 0) is 11.2 Å². The first kappa shape index (κ1) is 12.8. The van der Waals surface area contributed by atoms with Gasteiger partial charge in [-0.2, -0.15) is 0 Å². The second-order valence-corrected chi connectivity index (χ2v) is 3.90. The molecular weight excluding hydrogens is 225 g/mol. The van der Waals surface area contributed by atoms with Gasteiger partial charge in [0.25, 0.3) is 5.91 Å². The van der Waals surface area contributed by atoms with E-state index in [9.17, 15) is 9.18 Å². The lowest BCUT2D eigenvalue weighted by atomic mass is 10.1. The van der Waals surface area contributed by atoms with Crippen LogP contribution < -0.4 is 5.32 Å². The molecule has 0 unspecified atom stereocenters. The average Bonchev–Trinajstić information content (AvgIpc) is 2.30. The molecular formula is C12H14FNOS. The van der Waals surface area contributed by atoms with E-state index in [1.165, 1.54) is 17.2 Å². The van der Waals surface area contributed by atoms with Crippen LogP contribution in [0.5, 0.6) is 0 Å². The van der Waals surface area contributed by atoms with Crippen molar-refractivity contribution in [1.29, 1.82) is 0 Å². The van der Waals surface area contributed by atoms with Crippen molar-refractivity contribution in [3.8, 4) is 0 Å². The number of amides is 1. The van der Waals surface area contributed by atoms with Crippen molar-refractivity contribution < 1.29 is 9.18 Å². The van der Waals surface area contributed by atoms with Crippen LogP contribution in [0.4, 0.5) is 4.39 Å². The van der Waals surface area contributed by atoms with Crippen molar-refractivity contribution in [2.75, 3.05) is 12.8 Å². The number of halogens is 1. The monoisotopic (exact) mass is 239 g/mol. The Labute approximate surface area is 98.9 Å². The molecule has 1 aromatic rings. The summed E-state index contributed by atoms with van der Waals surface area (Å²) in [7, 11) is 0. The van der Waals surface area contributed by atoms with Crippen molar-refractivity contribution >= 4 is 17.7 Å². The molecule has 0 aliphatic rings. The minimum Gasteiger partial charge on any atom is -0.350 e. The van der Waals surface area contributed by atoms with E-state index in [0.29, 0.717) is 13.0 Å². The standard InChI is InChI=1S/C12H14FNOS/c1-16-9-11(13)12(15)14-8-7-10-5-3-2-4-6-10/h2-6,9H,7-8H2,1H3,(H,14,15)/b11-9-. The van der Waals surface area contributed by atoms with Gasteiger partial charge in [0.1, 0.15) is 0 Å². The maximum absolute atomic E-state index is 13.0. The molecule has 0 radical (unpaired) electrons. The molecule has 0 aliphatic heterocycles. The molecule has 1 rings (SSSR count). The van der Waals surface area contributed by atoms with Crippen molar-refractivity contribution in [3.63, 3.8) is 0 Å². The van der Waals surface area contributed by atoms with Gasteiger partial charge in [0, 0.05) is 12.0 Å². The second-order valence-electron chi connectivity index (χ2n) is 3.19. The van der Waals surface area contributed by atoms with Crippen LogP contribution in [0.3, 0.4) is 0 Å². The maximum Gasteiger partial charge on any atom is 0.280 e. The highest BCUT2D eigenvalue weighted by molar-refractivity contribution is 8.01. The zero-order chi connectivity index (χ0) is 11.8. The van der Waals surface area contributed by atoms with Gasteiger partial charge in [0.2, 0.25) is 0 Å². The van der Waals surface area contributed by atoms with Gasteiger partial charge in [-0.25, -0.2) is 4.39 Å². The lowest BCUT2D eigenvalue weighted by Crippen LogP contribution is -2.25. The first-order valence-electron chi connectivity index (χ1n) is 4.94. The zero-order valence-corrected chi connectivity index (χ0v) is 9.89. The topological polar surface area (TPSA) is 29.1 Å². The molecule has 86 valence electrons. The predicted molar refractivity (Wildman–Crippen MR) is 65.9 cm³/mol. The van der Waals surface area contributed by atoms with Crippen LogP contribution in [0.15, 0.2) is 41.6 Å². The largest absolute Gasteiger partial charge is 0.350 e. The molecule has 0 bridgehead atoms. The Morgan fingerprint density at radius 1 is 1.44 bits per heavy atom. The number of benzene rings is 1. The molecule has 16 heavy (non-hydrogen) atoms. The lowest BCUT2D eigenvalue weighted by Gasteiger charge is -2.03. The van der Waals surface area contributed by atoms with E-state index in [1.54, 1.807) is 6.26 Å². The van der Waals surface area contributed by atoms with Crippen molar-refractivity contribution in [3.05, 3.63) is 47.1 Å². The molecule has 0 aromatic heterocycles. The van der Waals surface area contributed by atoms with E-state index < -0.39 is 11.7 Å². The van der Waals surface area contributed by atoms with Gasteiger partial charge in [-0.15, -0.1) is 11.8 Å². The summed E-state index contributed by atoms with van der Waals surface area (Å²) in [6, 6.07) is 9.75. The molecule has 0 fully saturated rings. The van der Waals surface area contributed by atoms with Crippen molar-refractivity contribution in [2.24, 2.45) is 0 Å². The number of carbonyl (C=O) groups excluding carboxylic acids is 1. The average molecular weight is 239 g/mol. The third-order valence-corrected chi connectivity index (χ3v) is 2.42. The van der Waals surface area contributed by atoms with Gasteiger partial charge in [0.15, 0.2) is 5.83 Å². The van der Waals surface area contributed by atoms with Gasteiger partial charge in [-0.3, -0.25) is 4.79 Å². The van der Waals surface area contributed by atoms with Crippen LogP contribution in [0.1, 0.15) is 5.56 Å². The predicted octanol–water partition coefficient (Wildman–Crippen LogP) is 2.52. The highest BCUT2D eigenvalue weighted by Crippen LogP contribution is 2.04. The van der Waals surface area contributed by atoms with E-state index in [0.717, 1.165) is 5.56 Å². The van der Waals surface area contributed by atoms with Crippen LogP contribution in [0.2, 0.25) is 0 Å². The van der Waals surface area contributed by atoms with E-state index in [4.69, 9.17) is 0 Å². The number of hydrogen-bond acceptors (Lipinski definition) is 2. The summed E-state index contributed by atoms with van der Waals surface area (Å²) in [5, 5.41) is 3.71. The quantitative estimate of drug-likeness (QED) is 0.800. The SMILES string of the molecule is CS/C=C(\F)C(=O)NCCc1ccccc1. The van der Waals surface area contributed by atoms with Gasteiger partial charge in [-0.05, 0) is 18.2 Å². The molecule has 0 saturated carbocycles. The van der Waals surface area contributed by atoms with Gasteiger partial charge in [0.05, 0.1) is 0 Å². The Morgan fingerprint density at radius 2 is 2.12 bits per heavy atom. The van der Waals surface area contributed by atoms with Gasteiger partial charge >= 0.3 is 0 Å². The fraction of sp³-hybridized carbons (Fsp3) is 0.250. The van der Waals surface area contributed by atoms with E-state index >= 15 is 0 Å². The molecule has 0 aliphatic carbocycles. The fourth-order valence-electron chi connectivity index (χ4n) is 1.21. The van der Waals surface area contributed by atoms with E-state index in [2.05, 4.69) is 5.32 Å². The summed E-state index contributed by atoms with van der Waals surface area (Å²) in [5.74, 6) is -1.38. The molecule has 4 heteroatoms. The minimum absolute atomic E-state index is 0.443. The molecule has 2 nitrogen and oxygen atoms in total. The minimum atomic E-state index is -0.736. The highest BCUT2D eigenvalue weighted by Gasteiger charge is 2.06. The number of rotatable bonds is 5. The number of thioether (sulfide) groups is 1. The first-order valence-corrected chi connectivity index (χ1v) is 6.23. The third kappa shape index (κ3) is 4.49. The summed E-state index contributed by atoms with van der Waals surface area (Å²) in [5.41, 5.74) is 1.12. The highest BCUT2D eigenvalue weighted by atomic mass is 32.2. The number of nitrogens with one attached hydrogen (secondary N) is 1. The molecule has 1 N–H and O–H groups in total. The zero-order valence-electron chi connectivity index (χ0n) is 9.07. The third-order valence-electron chi connectivity index (χ3n) is 1.98. The summed E-state index contributed by atoms with van der Waals surface area (Å²) in [6.07, 6.45) is 2.41. The summed E-state index contributed by atoms with van der Waals surface area (Å²) < 4.78 is 13.0. The lowest BCUT2D eigenvalue weighted by molar-refractivity contribution is -0.118. The van der Waals surface area contributed by atoms with Gasteiger partial charge in [-0.1, -0.05) is 30.3 Å². The Bertz CT molecular complexity index is 365. The van der Waals surface area contributed by atoms with Gasteiger partial charge < -0.3 is 5.32 Å². The summed E-state index contributed by atoms with van der Waals surface area (Å²) in [6.45, 7) is 0.443. The number of hydrogen-bond donors (Lipinski definition) is 1. The first-order chi connectivity index (χ1) is 7.74. The molecule has 0 heterocycles. The fourth-order valence-corrected chi connectivity index (χ4v) is 1.52. The Hall–Kier alpha value is -1.29.